The van der Waals surface area contributed by atoms with E-state index < -0.39 is 0 Å². The van der Waals surface area contributed by atoms with Crippen LogP contribution in [0.15, 0.2) is 58.2 Å². The van der Waals surface area contributed by atoms with Crippen LogP contribution < -0.4 is 10.6 Å². The smallest absolute Gasteiger partial charge is 0.210 e. The first kappa shape index (κ1) is 16.8. The molecule has 0 fully saturated rings. The second kappa shape index (κ2) is 7.67. The number of halogens is 2. The normalized spacial score (nSPS) is 10.8. The zero-order valence-electron chi connectivity index (χ0n) is 12.5. The Balaban J connectivity index is 1.59. The average molecular weight is 409 g/mol. The molecule has 0 spiro atoms. The molecule has 0 aliphatic carbocycles. The van der Waals surface area contributed by atoms with Crippen molar-refractivity contribution in [2.45, 2.75) is 5.16 Å². The minimum Gasteiger partial charge on any atom is -0.493 e. The molecule has 0 saturated heterocycles. The Kier molecular flexibility index (Phi) is 5.37. The molecule has 1 heterocycles. The molecule has 24 heavy (non-hydrogen) atoms. The van der Waals surface area contributed by atoms with Gasteiger partial charge in [0.05, 0.1) is 6.61 Å². The maximum atomic E-state index is 12.8. The predicted molar refractivity (Wildman–Crippen MR) is 95.9 cm³/mol. The molecule has 2 aromatic carbocycles. The molecule has 0 aliphatic heterocycles. The van der Waals surface area contributed by atoms with Gasteiger partial charge >= 0.3 is 0 Å². The molecular weight excluding hydrogens is 395 g/mol. The van der Waals surface area contributed by atoms with Gasteiger partial charge in [-0.05, 0) is 36.4 Å². The van der Waals surface area contributed by atoms with E-state index in [4.69, 9.17) is 10.6 Å². The van der Waals surface area contributed by atoms with Crippen LogP contribution in [-0.4, -0.2) is 27.2 Å². The standard InChI is InChI=1S/C16H14BrFN4OS/c17-14-4-2-1-3-13(14)15-20-21-16(22(15)19)24-10-9-23-12-7-5-11(18)6-8-12/h1-8H,9-10,19H2. The Morgan fingerprint density at radius 1 is 1.12 bits per heavy atom. The molecule has 0 radical (unpaired) electrons. The van der Waals surface area contributed by atoms with Gasteiger partial charge in [0.1, 0.15) is 11.6 Å². The van der Waals surface area contributed by atoms with Gasteiger partial charge in [-0.1, -0.05) is 39.8 Å². The monoisotopic (exact) mass is 408 g/mol. The number of hydrogen-bond acceptors (Lipinski definition) is 5. The molecule has 0 aliphatic rings. The molecule has 2 N–H and O–H groups in total. The van der Waals surface area contributed by atoms with Crippen LogP contribution in [0.2, 0.25) is 0 Å². The highest BCUT2D eigenvalue weighted by molar-refractivity contribution is 9.10. The summed E-state index contributed by atoms with van der Waals surface area (Å²) in [5, 5.41) is 8.86. The van der Waals surface area contributed by atoms with Crippen LogP contribution in [0.5, 0.6) is 5.75 Å². The zero-order valence-corrected chi connectivity index (χ0v) is 14.9. The summed E-state index contributed by atoms with van der Waals surface area (Å²) in [6.07, 6.45) is 0. The number of hydrogen-bond donors (Lipinski definition) is 1. The van der Waals surface area contributed by atoms with Crippen molar-refractivity contribution in [1.29, 1.82) is 0 Å². The third kappa shape index (κ3) is 3.88. The van der Waals surface area contributed by atoms with E-state index in [0.717, 1.165) is 10.0 Å². The van der Waals surface area contributed by atoms with Crippen LogP contribution in [0.3, 0.4) is 0 Å². The lowest BCUT2D eigenvalue weighted by molar-refractivity contribution is 0.343. The Labute approximate surface area is 151 Å². The summed E-state index contributed by atoms with van der Waals surface area (Å²) in [7, 11) is 0. The van der Waals surface area contributed by atoms with Gasteiger partial charge in [0.2, 0.25) is 5.16 Å². The Bertz CT molecular complexity index is 825. The lowest BCUT2D eigenvalue weighted by atomic mass is 10.2. The van der Waals surface area contributed by atoms with Crippen LogP contribution in [0.25, 0.3) is 11.4 Å². The summed E-state index contributed by atoms with van der Waals surface area (Å²) >= 11 is 4.92. The Morgan fingerprint density at radius 2 is 1.88 bits per heavy atom. The minimum atomic E-state index is -0.285. The van der Waals surface area contributed by atoms with E-state index in [1.807, 2.05) is 24.3 Å². The fraction of sp³-hybridized carbons (Fsp3) is 0.125. The molecule has 124 valence electrons. The average Bonchev–Trinajstić information content (AvgIpc) is 2.94. The fourth-order valence-electron chi connectivity index (χ4n) is 2.02. The van der Waals surface area contributed by atoms with E-state index in [0.29, 0.717) is 29.1 Å². The number of ether oxygens (including phenoxy) is 1. The van der Waals surface area contributed by atoms with Crippen molar-refractivity contribution in [3.8, 4) is 17.1 Å². The first-order chi connectivity index (χ1) is 11.6. The molecule has 0 unspecified atom stereocenters. The summed E-state index contributed by atoms with van der Waals surface area (Å²) in [6, 6.07) is 13.6. The van der Waals surface area contributed by atoms with Crippen molar-refractivity contribution in [2.24, 2.45) is 0 Å². The molecule has 0 bridgehead atoms. The molecular formula is C16H14BrFN4OS. The van der Waals surface area contributed by atoms with E-state index in [1.54, 1.807) is 12.1 Å². The van der Waals surface area contributed by atoms with Crippen LogP contribution in [0.4, 0.5) is 4.39 Å². The molecule has 1 aromatic heterocycles. The SMILES string of the molecule is Nn1c(SCCOc2ccc(F)cc2)nnc1-c1ccccc1Br. The highest BCUT2D eigenvalue weighted by atomic mass is 79.9. The van der Waals surface area contributed by atoms with Gasteiger partial charge in [-0.2, -0.15) is 0 Å². The van der Waals surface area contributed by atoms with E-state index in [1.165, 1.54) is 28.6 Å². The number of nitrogens with two attached hydrogens (primary N) is 1. The molecule has 0 amide bonds. The Morgan fingerprint density at radius 3 is 2.62 bits per heavy atom. The molecule has 0 saturated carbocycles. The van der Waals surface area contributed by atoms with Crippen LogP contribution in [0, 0.1) is 5.82 Å². The lowest BCUT2D eigenvalue weighted by Crippen LogP contribution is -2.12. The van der Waals surface area contributed by atoms with Gasteiger partial charge in [0.25, 0.3) is 0 Å². The van der Waals surface area contributed by atoms with Crippen LogP contribution in [-0.2, 0) is 0 Å². The van der Waals surface area contributed by atoms with Gasteiger partial charge < -0.3 is 10.6 Å². The zero-order chi connectivity index (χ0) is 16.9. The molecule has 0 atom stereocenters. The molecule has 8 heteroatoms. The number of thioether (sulfide) groups is 1. The van der Waals surface area contributed by atoms with E-state index in [2.05, 4.69) is 26.1 Å². The molecule has 3 aromatic rings. The first-order valence-electron chi connectivity index (χ1n) is 7.11. The van der Waals surface area contributed by atoms with E-state index >= 15 is 0 Å². The van der Waals surface area contributed by atoms with E-state index in [-0.39, 0.29) is 5.82 Å². The van der Waals surface area contributed by atoms with Gasteiger partial charge in [-0.3, -0.25) is 0 Å². The molecule has 3 rings (SSSR count). The third-order valence-corrected chi connectivity index (χ3v) is 4.77. The first-order valence-corrected chi connectivity index (χ1v) is 8.89. The topological polar surface area (TPSA) is 66.0 Å². The minimum absolute atomic E-state index is 0.285. The van der Waals surface area contributed by atoms with Crippen molar-refractivity contribution < 1.29 is 9.13 Å². The van der Waals surface area contributed by atoms with Gasteiger partial charge in [0.15, 0.2) is 5.82 Å². The molecule has 5 nitrogen and oxygen atoms in total. The quantitative estimate of drug-likeness (QED) is 0.382. The van der Waals surface area contributed by atoms with Crippen LogP contribution >= 0.6 is 27.7 Å². The largest absolute Gasteiger partial charge is 0.493 e. The summed E-state index contributed by atoms with van der Waals surface area (Å²) in [5.41, 5.74) is 0.877. The third-order valence-electron chi connectivity index (χ3n) is 3.18. The van der Waals surface area contributed by atoms with Gasteiger partial charge in [-0.25, -0.2) is 9.07 Å². The van der Waals surface area contributed by atoms with Gasteiger partial charge in [0, 0.05) is 15.8 Å². The number of benzene rings is 2. The van der Waals surface area contributed by atoms with E-state index in [9.17, 15) is 4.39 Å². The summed E-state index contributed by atoms with van der Waals surface area (Å²) in [4.78, 5) is 0. The number of rotatable bonds is 6. The maximum Gasteiger partial charge on any atom is 0.210 e. The van der Waals surface area contributed by atoms with Crippen LogP contribution in [0.1, 0.15) is 0 Å². The highest BCUT2D eigenvalue weighted by Gasteiger charge is 2.14. The van der Waals surface area contributed by atoms with Crippen molar-refractivity contribution >= 4 is 27.7 Å². The Hall–Kier alpha value is -2.06. The predicted octanol–water partition coefficient (Wildman–Crippen LogP) is 3.73. The summed E-state index contributed by atoms with van der Waals surface area (Å²) in [6.45, 7) is 0.452. The van der Waals surface area contributed by atoms with Crippen molar-refractivity contribution in [3.05, 3.63) is 58.8 Å². The summed E-state index contributed by atoms with van der Waals surface area (Å²) in [5.74, 6) is 7.65. The van der Waals surface area contributed by atoms with Crippen molar-refractivity contribution in [1.82, 2.24) is 14.9 Å². The lowest BCUT2D eigenvalue weighted by Gasteiger charge is -2.06. The van der Waals surface area contributed by atoms with Crippen molar-refractivity contribution in [2.75, 3.05) is 18.2 Å². The number of aromatic nitrogens is 3. The maximum absolute atomic E-state index is 12.8. The summed E-state index contributed by atoms with van der Waals surface area (Å²) < 4.78 is 20.7. The second-order valence-electron chi connectivity index (χ2n) is 4.81. The van der Waals surface area contributed by atoms with Gasteiger partial charge in [-0.15, -0.1) is 10.2 Å². The number of nitrogens with zero attached hydrogens (tertiary/aromatic N) is 3. The number of nitrogen functional groups attached to an aromatic ring is 1. The fourth-order valence-corrected chi connectivity index (χ4v) is 3.16. The second-order valence-corrected chi connectivity index (χ2v) is 6.72. The highest BCUT2D eigenvalue weighted by Crippen LogP contribution is 2.27. The van der Waals surface area contributed by atoms with Crippen molar-refractivity contribution in [3.63, 3.8) is 0 Å².